The number of nitrogens with zero attached hydrogens (tertiary/aromatic N) is 1. The van der Waals surface area contributed by atoms with E-state index in [0.29, 0.717) is 0 Å². The topological polar surface area (TPSA) is 3.24 Å². The molecule has 0 N–H and O–H groups in total. The third kappa shape index (κ3) is 5.01. The van der Waals surface area contributed by atoms with Gasteiger partial charge >= 0.3 is 0 Å². The molecule has 1 nitrogen and oxygen atoms in total. The zero-order chi connectivity index (χ0) is 43.5. The van der Waals surface area contributed by atoms with Crippen LogP contribution in [0, 0.1) is 0 Å². The van der Waals surface area contributed by atoms with Gasteiger partial charge < -0.3 is 4.90 Å². The predicted octanol–water partition coefficient (Wildman–Crippen LogP) is 16.5. The maximum atomic E-state index is 2.60. The molecule has 66 heavy (non-hydrogen) atoms. The van der Waals surface area contributed by atoms with Crippen LogP contribution in [0.4, 0.5) is 17.1 Å². The van der Waals surface area contributed by atoms with Gasteiger partial charge in [0, 0.05) is 27.8 Å². The molecule has 0 saturated heterocycles. The van der Waals surface area contributed by atoms with Crippen LogP contribution in [0.1, 0.15) is 70.2 Å². The summed E-state index contributed by atoms with van der Waals surface area (Å²) in [5.74, 6) is 0. The molecule has 0 aliphatic heterocycles. The van der Waals surface area contributed by atoms with E-state index < -0.39 is 5.41 Å². The third-order valence-electron chi connectivity index (χ3n) is 16.3. The molecule has 4 aliphatic carbocycles. The maximum absolute atomic E-state index is 2.60. The second kappa shape index (κ2) is 14.1. The van der Waals surface area contributed by atoms with Crippen LogP contribution >= 0.6 is 0 Å². The van der Waals surface area contributed by atoms with Crippen LogP contribution < -0.4 is 4.90 Å². The second-order valence-corrected chi connectivity index (χ2v) is 19.1. The Kier molecular flexibility index (Phi) is 8.05. The molecule has 2 spiro atoms. The molecule has 0 atom stereocenters. The minimum Gasteiger partial charge on any atom is -0.310 e. The lowest BCUT2D eigenvalue weighted by Gasteiger charge is -2.45. The van der Waals surface area contributed by atoms with Crippen molar-refractivity contribution in [1.82, 2.24) is 0 Å². The number of benzene rings is 10. The van der Waals surface area contributed by atoms with Crippen molar-refractivity contribution in [1.29, 1.82) is 0 Å². The predicted molar refractivity (Wildman–Crippen MR) is 273 cm³/mol. The van der Waals surface area contributed by atoms with Gasteiger partial charge in [0.2, 0.25) is 0 Å². The Labute approximate surface area is 387 Å². The van der Waals surface area contributed by atoms with Gasteiger partial charge in [0.15, 0.2) is 0 Å². The summed E-state index contributed by atoms with van der Waals surface area (Å²) in [5.41, 5.74) is 22.3. The van der Waals surface area contributed by atoms with Gasteiger partial charge in [-0.05, 0) is 139 Å². The lowest BCUT2D eigenvalue weighted by Crippen LogP contribution is -2.39. The first kappa shape index (κ1) is 37.6. The van der Waals surface area contributed by atoms with Gasteiger partial charge in [0.25, 0.3) is 0 Å². The van der Waals surface area contributed by atoms with Crippen LogP contribution in [0.15, 0.2) is 237 Å². The van der Waals surface area contributed by atoms with E-state index in [-0.39, 0.29) is 10.8 Å². The second-order valence-electron chi connectivity index (χ2n) is 19.1. The van der Waals surface area contributed by atoms with Crippen molar-refractivity contribution in [3.63, 3.8) is 0 Å². The molecule has 0 amide bonds. The average molecular weight is 842 g/mol. The van der Waals surface area contributed by atoms with E-state index >= 15 is 0 Å². The smallest absolute Gasteiger partial charge is 0.0714 e. The van der Waals surface area contributed by atoms with E-state index in [9.17, 15) is 0 Å². The first-order chi connectivity index (χ1) is 32.7. The highest BCUT2D eigenvalue weighted by Gasteiger charge is 2.53. The molecule has 4 aliphatic rings. The molecular formula is C65H47N. The maximum Gasteiger partial charge on any atom is 0.0714 e. The Morgan fingerprint density at radius 2 is 0.727 bits per heavy atom. The standard InChI is InChI=1S/C65H47N/c1-3-20-46(21-4-1)65(47-22-5-2-6-23-47)58-31-16-12-27-54(58)62-59(65)32-17-33-61(62)66(48-35-34-44-18-7-8-19-45(44)42-48)49-36-37-53-52-26-11-15-30-57(52)64(60(53)43-49)40-38-63(39-41-64)55-28-13-9-24-50(55)51-25-10-14-29-56(51)63/h1-37,42-43H,38-41H2. The van der Waals surface area contributed by atoms with Gasteiger partial charge in [-0.3, -0.25) is 0 Å². The molecule has 14 rings (SSSR count). The molecule has 0 unspecified atom stereocenters. The van der Waals surface area contributed by atoms with Crippen LogP contribution in [-0.4, -0.2) is 0 Å². The Morgan fingerprint density at radius 1 is 0.288 bits per heavy atom. The van der Waals surface area contributed by atoms with Gasteiger partial charge in [0.05, 0.1) is 11.1 Å². The fourth-order valence-electron chi connectivity index (χ4n) is 13.6. The molecule has 10 aromatic carbocycles. The lowest BCUT2D eigenvalue weighted by atomic mass is 9.57. The molecule has 0 aromatic heterocycles. The number of hydrogen-bond donors (Lipinski definition) is 0. The quantitative estimate of drug-likeness (QED) is 0.167. The van der Waals surface area contributed by atoms with Crippen LogP contribution in [0.2, 0.25) is 0 Å². The highest BCUT2D eigenvalue weighted by atomic mass is 15.1. The number of rotatable bonds is 5. The summed E-state index contributed by atoms with van der Waals surface area (Å²) in [5, 5.41) is 2.47. The van der Waals surface area contributed by atoms with Crippen molar-refractivity contribution in [2.45, 2.75) is 41.9 Å². The Bertz CT molecular complexity index is 3470. The van der Waals surface area contributed by atoms with E-state index in [1.165, 1.54) is 100 Å². The highest BCUT2D eigenvalue weighted by molar-refractivity contribution is 5.99. The van der Waals surface area contributed by atoms with E-state index in [4.69, 9.17) is 0 Å². The van der Waals surface area contributed by atoms with Gasteiger partial charge in [-0.2, -0.15) is 0 Å². The van der Waals surface area contributed by atoms with Crippen molar-refractivity contribution in [3.05, 3.63) is 281 Å². The fraction of sp³-hybridized carbons (Fsp3) is 0.108. The van der Waals surface area contributed by atoms with Crippen LogP contribution in [0.25, 0.3) is 44.2 Å². The summed E-state index contributed by atoms with van der Waals surface area (Å²) in [7, 11) is 0. The molecule has 1 heteroatoms. The van der Waals surface area contributed by atoms with Crippen molar-refractivity contribution < 1.29 is 0 Å². The summed E-state index contributed by atoms with van der Waals surface area (Å²) < 4.78 is 0. The summed E-state index contributed by atoms with van der Waals surface area (Å²) >= 11 is 0. The summed E-state index contributed by atoms with van der Waals surface area (Å²) in [4.78, 5) is 2.58. The largest absolute Gasteiger partial charge is 0.310 e. The molecule has 10 aromatic rings. The van der Waals surface area contributed by atoms with E-state index in [1.54, 1.807) is 0 Å². The molecule has 0 radical (unpaired) electrons. The Morgan fingerprint density at radius 3 is 1.33 bits per heavy atom. The van der Waals surface area contributed by atoms with E-state index in [1.807, 2.05) is 0 Å². The molecule has 312 valence electrons. The zero-order valence-electron chi connectivity index (χ0n) is 36.8. The van der Waals surface area contributed by atoms with Crippen molar-refractivity contribution >= 4 is 27.8 Å². The van der Waals surface area contributed by atoms with Gasteiger partial charge in [-0.25, -0.2) is 0 Å². The SMILES string of the molecule is c1ccc(C2(c3ccccc3)c3ccccc3-c3c(N(c4ccc5c(c4)C4(CCC6(CC4)c4ccccc4-c4ccccc46)c4ccccc4-5)c4ccc5ccccc5c4)cccc32)cc1. The summed E-state index contributed by atoms with van der Waals surface area (Å²) in [6.07, 6.45) is 4.39. The van der Waals surface area contributed by atoms with Crippen LogP contribution in [0.5, 0.6) is 0 Å². The fourth-order valence-corrected chi connectivity index (χ4v) is 13.6. The first-order valence-electron chi connectivity index (χ1n) is 23.8. The van der Waals surface area contributed by atoms with E-state index in [2.05, 4.69) is 241 Å². The first-order valence-corrected chi connectivity index (χ1v) is 23.8. The highest BCUT2D eigenvalue weighted by Crippen LogP contribution is 2.65. The average Bonchev–Trinajstić information content (AvgIpc) is 3.96. The van der Waals surface area contributed by atoms with E-state index in [0.717, 1.165) is 31.4 Å². The minimum atomic E-state index is -0.501. The Balaban J connectivity index is 0.991. The Hall–Kier alpha value is -7.74. The van der Waals surface area contributed by atoms with Crippen LogP contribution in [-0.2, 0) is 16.2 Å². The van der Waals surface area contributed by atoms with Gasteiger partial charge in [-0.15, -0.1) is 0 Å². The summed E-state index contributed by atoms with van der Waals surface area (Å²) in [6.45, 7) is 0. The number of fused-ring (bicyclic) bond motifs is 14. The van der Waals surface area contributed by atoms with Crippen molar-refractivity contribution in [2.75, 3.05) is 4.90 Å². The number of hydrogen-bond acceptors (Lipinski definition) is 1. The van der Waals surface area contributed by atoms with Crippen molar-refractivity contribution in [2.24, 2.45) is 0 Å². The van der Waals surface area contributed by atoms with Gasteiger partial charge in [-0.1, -0.05) is 206 Å². The minimum absolute atomic E-state index is 0.0207. The molecule has 0 heterocycles. The monoisotopic (exact) mass is 841 g/mol. The van der Waals surface area contributed by atoms with Crippen molar-refractivity contribution in [3.8, 4) is 33.4 Å². The molecule has 1 fully saturated rings. The summed E-state index contributed by atoms with van der Waals surface area (Å²) in [6, 6.07) is 89.7. The zero-order valence-corrected chi connectivity index (χ0v) is 36.8. The van der Waals surface area contributed by atoms with Gasteiger partial charge in [0.1, 0.15) is 0 Å². The molecule has 0 bridgehead atoms. The molecule has 1 saturated carbocycles. The third-order valence-corrected chi connectivity index (χ3v) is 16.3. The van der Waals surface area contributed by atoms with Crippen LogP contribution in [0.3, 0.4) is 0 Å². The normalized spacial score (nSPS) is 16.0. The number of anilines is 3. The molecular weight excluding hydrogens is 795 g/mol. The lowest BCUT2D eigenvalue weighted by molar-refractivity contribution is 0.265.